The summed E-state index contributed by atoms with van der Waals surface area (Å²) >= 11 is 0. The Morgan fingerprint density at radius 3 is 1.66 bits per heavy atom. The van der Waals surface area contributed by atoms with E-state index in [1.807, 2.05) is 70.4 Å². The molecule has 1 fully saturated rings. The number of carbonyl (C=O) groups excluding carboxylic acids is 1. The Hall–Kier alpha value is -3.07. The molecular formula is C29H38N2O. The molecule has 5 rings (SSSR count). The van der Waals surface area contributed by atoms with Gasteiger partial charge in [-0.1, -0.05) is 96.5 Å². The van der Waals surface area contributed by atoms with E-state index in [-0.39, 0.29) is 17.6 Å². The van der Waals surface area contributed by atoms with Gasteiger partial charge >= 0.3 is 0 Å². The molecule has 0 bridgehead atoms. The van der Waals surface area contributed by atoms with Crippen LogP contribution in [0, 0.1) is 0 Å². The van der Waals surface area contributed by atoms with Crippen LogP contribution in [0.25, 0.3) is 21.8 Å². The van der Waals surface area contributed by atoms with Gasteiger partial charge in [0.05, 0.1) is 5.92 Å². The monoisotopic (exact) mass is 430 g/mol. The van der Waals surface area contributed by atoms with E-state index in [1.54, 1.807) is 0 Å². The standard InChI is InChI=1S/C22H18N2O.C3H8.2C2H6/c1-13-10-20(25)22(17-12-24-19-9-5-3-7-15(17)19)21(13)16-11-23-18-8-4-2-6-14(16)18;1-3-2;2*1-2/h2-9,11-12,21-24H,1,10H2;3H2,1-2H3;2*1-2H3. The van der Waals surface area contributed by atoms with Gasteiger partial charge < -0.3 is 9.97 Å². The van der Waals surface area contributed by atoms with E-state index in [0.717, 1.165) is 27.6 Å². The zero-order valence-electron chi connectivity index (χ0n) is 20.5. The SMILES string of the molecule is C=C1CC(=O)C(c2c[nH]c3ccccc23)C1c1c[nH]c2ccccc12.CC.CC.CCC. The molecule has 0 saturated heterocycles. The Labute approximate surface area is 192 Å². The van der Waals surface area contributed by atoms with Crippen LogP contribution in [-0.4, -0.2) is 15.8 Å². The first-order valence-corrected chi connectivity index (χ1v) is 12.0. The second-order valence-corrected chi connectivity index (χ2v) is 7.54. The van der Waals surface area contributed by atoms with Gasteiger partial charge in [-0.05, 0) is 23.3 Å². The quantitative estimate of drug-likeness (QED) is 0.308. The number of fused-ring (bicyclic) bond motifs is 2. The Balaban J connectivity index is 0.000000471. The maximum absolute atomic E-state index is 12.9. The predicted octanol–water partition coefficient (Wildman–Crippen LogP) is 8.51. The lowest BCUT2D eigenvalue weighted by Crippen LogP contribution is -2.11. The summed E-state index contributed by atoms with van der Waals surface area (Å²) < 4.78 is 0. The number of hydrogen-bond donors (Lipinski definition) is 2. The maximum Gasteiger partial charge on any atom is 0.145 e. The maximum atomic E-state index is 12.9. The molecule has 0 spiro atoms. The summed E-state index contributed by atoms with van der Waals surface area (Å²) in [6.45, 7) is 16.5. The highest BCUT2D eigenvalue weighted by atomic mass is 16.1. The third kappa shape index (κ3) is 4.88. The molecule has 3 nitrogen and oxygen atoms in total. The summed E-state index contributed by atoms with van der Waals surface area (Å²) in [7, 11) is 0. The van der Waals surface area contributed by atoms with Gasteiger partial charge in [0.1, 0.15) is 5.78 Å². The minimum atomic E-state index is -0.178. The Kier molecular flexibility index (Phi) is 9.52. The molecule has 2 unspecified atom stereocenters. The molecule has 2 aromatic heterocycles. The summed E-state index contributed by atoms with van der Waals surface area (Å²) in [5, 5.41) is 2.30. The van der Waals surface area contributed by atoms with Crippen molar-refractivity contribution in [3.8, 4) is 0 Å². The van der Waals surface area contributed by atoms with Crippen molar-refractivity contribution in [2.45, 2.75) is 66.2 Å². The zero-order valence-corrected chi connectivity index (χ0v) is 20.5. The van der Waals surface area contributed by atoms with Crippen LogP contribution in [0.2, 0.25) is 0 Å². The average molecular weight is 431 g/mol. The van der Waals surface area contributed by atoms with Gasteiger partial charge in [-0.15, -0.1) is 0 Å². The highest BCUT2D eigenvalue weighted by Gasteiger charge is 2.41. The second kappa shape index (κ2) is 12.1. The second-order valence-electron chi connectivity index (χ2n) is 7.54. The number of carbonyl (C=O) groups is 1. The van der Waals surface area contributed by atoms with E-state index < -0.39 is 0 Å². The lowest BCUT2D eigenvalue weighted by molar-refractivity contribution is -0.118. The van der Waals surface area contributed by atoms with Gasteiger partial charge in [-0.3, -0.25) is 4.79 Å². The van der Waals surface area contributed by atoms with Crippen molar-refractivity contribution in [3.63, 3.8) is 0 Å². The molecular weight excluding hydrogens is 392 g/mol. The third-order valence-electron chi connectivity index (χ3n) is 5.43. The number of para-hydroxylation sites is 2. The molecule has 170 valence electrons. The molecule has 1 aliphatic rings. The van der Waals surface area contributed by atoms with Gasteiger partial charge in [0.15, 0.2) is 0 Å². The minimum absolute atomic E-state index is 0.0165. The number of aromatic nitrogens is 2. The Morgan fingerprint density at radius 1 is 0.781 bits per heavy atom. The number of H-pyrrole nitrogens is 2. The normalized spacial score (nSPS) is 17.2. The van der Waals surface area contributed by atoms with E-state index in [1.165, 1.54) is 17.4 Å². The molecule has 2 heterocycles. The van der Waals surface area contributed by atoms with Crippen molar-refractivity contribution >= 4 is 27.6 Å². The van der Waals surface area contributed by atoms with Crippen molar-refractivity contribution in [1.82, 2.24) is 9.97 Å². The van der Waals surface area contributed by atoms with Crippen molar-refractivity contribution in [2.75, 3.05) is 0 Å². The number of hydrogen-bond acceptors (Lipinski definition) is 1. The molecule has 1 saturated carbocycles. The van der Waals surface area contributed by atoms with Crippen molar-refractivity contribution < 1.29 is 4.79 Å². The molecule has 32 heavy (non-hydrogen) atoms. The van der Waals surface area contributed by atoms with Crippen LogP contribution in [0.1, 0.15) is 77.3 Å². The smallest absolute Gasteiger partial charge is 0.145 e. The number of Topliss-reactive ketones (excluding diaryl/α,β-unsaturated/α-hetero) is 1. The van der Waals surface area contributed by atoms with Crippen molar-refractivity contribution in [2.24, 2.45) is 0 Å². The summed E-state index contributed by atoms with van der Waals surface area (Å²) in [6.07, 6.45) is 5.74. The lowest BCUT2D eigenvalue weighted by atomic mass is 9.82. The van der Waals surface area contributed by atoms with Crippen molar-refractivity contribution in [3.05, 3.63) is 84.2 Å². The molecule has 2 aromatic carbocycles. The number of ketones is 1. The average Bonchev–Trinajstić information content (AvgIpc) is 3.51. The number of rotatable bonds is 2. The fraction of sp³-hybridized carbons (Fsp3) is 0.345. The molecule has 4 aromatic rings. The fourth-order valence-electron chi connectivity index (χ4n) is 4.32. The highest BCUT2D eigenvalue weighted by molar-refractivity contribution is 5.99. The van der Waals surface area contributed by atoms with Crippen LogP contribution in [0.5, 0.6) is 0 Å². The van der Waals surface area contributed by atoms with Crippen LogP contribution in [0.4, 0.5) is 0 Å². The molecule has 2 atom stereocenters. The Bertz CT molecular complexity index is 1060. The first-order chi connectivity index (χ1) is 15.7. The summed E-state index contributed by atoms with van der Waals surface area (Å²) in [5.41, 5.74) is 5.42. The first kappa shape index (κ1) is 25.2. The highest BCUT2D eigenvalue weighted by Crippen LogP contribution is 2.49. The van der Waals surface area contributed by atoms with Crippen LogP contribution in [0.3, 0.4) is 0 Å². The largest absolute Gasteiger partial charge is 0.361 e. The number of aromatic amines is 2. The molecule has 0 aliphatic heterocycles. The summed E-state index contributed by atoms with van der Waals surface area (Å²) in [6, 6.07) is 16.4. The molecule has 1 aliphatic carbocycles. The van der Waals surface area contributed by atoms with E-state index >= 15 is 0 Å². The summed E-state index contributed by atoms with van der Waals surface area (Å²) in [5.74, 6) is 0.0933. The van der Waals surface area contributed by atoms with Crippen molar-refractivity contribution in [1.29, 1.82) is 0 Å². The predicted molar refractivity (Wildman–Crippen MR) is 140 cm³/mol. The molecule has 0 radical (unpaired) electrons. The van der Waals surface area contributed by atoms with Gasteiger partial charge in [-0.2, -0.15) is 0 Å². The van der Waals surface area contributed by atoms with Gasteiger partial charge in [-0.25, -0.2) is 0 Å². The lowest BCUT2D eigenvalue weighted by Gasteiger charge is -2.19. The Morgan fingerprint density at radius 2 is 1.19 bits per heavy atom. The van der Waals surface area contributed by atoms with E-state index in [4.69, 9.17) is 0 Å². The van der Waals surface area contributed by atoms with Crippen LogP contribution in [-0.2, 0) is 4.79 Å². The van der Waals surface area contributed by atoms with Gasteiger partial charge in [0, 0.05) is 46.5 Å². The fourth-order valence-corrected chi connectivity index (χ4v) is 4.32. The zero-order chi connectivity index (χ0) is 23.7. The number of nitrogens with one attached hydrogen (secondary N) is 2. The molecule has 3 heteroatoms. The van der Waals surface area contributed by atoms with E-state index in [9.17, 15) is 4.79 Å². The first-order valence-electron chi connectivity index (χ1n) is 12.0. The van der Waals surface area contributed by atoms with E-state index in [0.29, 0.717) is 6.42 Å². The minimum Gasteiger partial charge on any atom is -0.361 e. The molecule has 0 amide bonds. The number of allylic oxidation sites excluding steroid dienone is 1. The van der Waals surface area contributed by atoms with E-state index in [2.05, 4.69) is 48.6 Å². The van der Waals surface area contributed by atoms with Crippen LogP contribution in [0.15, 0.2) is 73.1 Å². The van der Waals surface area contributed by atoms with Crippen LogP contribution >= 0.6 is 0 Å². The topological polar surface area (TPSA) is 48.6 Å². The summed E-state index contributed by atoms with van der Waals surface area (Å²) in [4.78, 5) is 19.5. The van der Waals surface area contributed by atoms with Gasteiger partial charge in [0.2, 0.25) is 0 Å². The number of benzene rings is 2. The van der Waals surface area contributed by atoms with Gasteiger partial charge in [0.25, 0.3) is 0 Å². The molecule has 2 N–H and O–H groups in total. The third-order valence-corrected chi connectivity index (χ3v) is 5.43. The van der Waals surface area contributed by atoms with Crippen LogP contribution < -0.4 is 0 Å².